The van der Waals surface area contributed by atoms with E-state index < -0.39 is 0 Å². The van der Waals surface area contributed by atoms with Gasteiger partial charge in [-0.15, -0.1) is 0 Å². The molecule has 0 fully saturated rings. The molecule has 7 aromatic carbocycles. The number of anilines is 3. The van der Waals surface area contributed by atoms with Crippen molar-refractivity contribution in [3.8, 4) is 50.7 Å². The van der Waals surface area contributed by atoms with Crippen LogP contribution >= 0.6 is 0 Å². The van der Waals surface area contributed by atoms with Crippen LogP contribution in [0.1, 0.15) is 111 Å². The van der Waals surface area contributed by atoms with Gasteiger partial charge in [0.2, 0.25) is 0 Å². The molecular weight excluding hydrogens is 853 g/mol. The molecule has 1 aliphatic heterocycles. The molecule has 1 aliphatic rings. The number of hydrogen-bond donors (Lipinski definition) is 1. The zero-order chi connectivity index (χ0) is 49.5. The van der Waals surface area contributed by atoms with E-state index in [-0.39, 0.29) is 21.7 Å². The molecule has 9 aromatic rings. The SMILES string of the molecule is Cc1ccc(N2CNc3c(-c4c(-c5ccccc5)cc(C(C)(C)C)cc4-c4cc(C(C)(C)C)cc(C(C)(C)C)c4)cccc32)cc1Oc1ccc2c3ccccc3n(-c3cc(C(C)(C)C)ccn3)c2c1. The Labute approximate surface area is 416 Å². The number of nitrogens with one attached hydrogen (secondary N) is 1. The molecule has 0 saturated carbocycles. The van der Waals surface area contributed by atoms with Crippen molar-refractivity contribution in [3.63, 3.8) is 0 Å². The van der Waals surface area contributed by atoms with Crippen LogP contribution in [0, 0.1) is 6.92 Å². The number of fused-ring (bicyclic) bond motifs is 4. The lowest BCUT2D eigenvalue weighted by molar-refractivity contribution is 0.479. The minimum Gasteiger partial charge on any atom is -0.457 e. The van der Waals surface area contributed by atoms with Gasteiger partial charge in [-0.25, -0.2) is 4.98 Å². The molecule has 70 heavy (non-hydrogen) atoms. The Morgan fingerprint density at radius 2 is 1.13 bits per heavy atom. The van der Waals surface area contributed by atoms with E-state index in [2.05, 4.69) is 256 Å². The first-order valence-corrected chi connectivity index (χ1v) is 25.0. The van der Waals surface area contributed by atoms with Crippen molar-refractivity contribution < 1.29 is 4.74 Å². The molecule has 10 rings (SSSR count). The highest BCUT2D eigenvalue weighted by Gasteiger charge is 2.30. The summed E-state index contributed by atoms with van der Waals surface area (Å²) in [5, 5.41) is 6.27. The van der Waals surface area contributed by atoms with Crippen LogP contribution in [0.15, 0.2) is 158 Å². The molecule has 5 heteroatoms. The highest BCUT2D eigenvalue weighted by atomic mass is 16.5. The van der Waals surface area contributed by atoms with E-state index in [9.17, 15) is 0 Å². The second-order valence-electron chi connectivity index (χ2n) is 23.6. The second kappa shape index (κ2) is 17.1. The fourth-order valence-electron chi connectivity index (χ4n) is 9.98. The molecule has 3 heterocycles. The summed E-state index contributed by atoms with van der Waals surface area (Å²) in [6.07, 6.45) is 1.93. The topological polar surface area (TPSA) is 42.3 Å². The Morgan fingerprint density at radius 1 is 0.500 bits per heavy atom. The fourth-order valence-corrected chi connectivity index (χ4v) is 9.98. The van der Waals surface area contributed by atoms with Gasteiger partial charge in [-0.3, -0.25) is 4.57 Å². The standard InChI is InChI=1S/C65H68N4O/c1-41-26-27-48(38-58(41)70-49-28-29-51-50-22-17-18-24-55(50)69(57(51)39-49)59-37-44(30-31-66-59)62(2,3)4)68-40-67-61-52(23-19-25-56(61)68)60-53(42-20-15-14-16-21-42)35-47(65(11,12)13)36-54(60)43-32-45(63(5,6)7)34-46(33-43)64(8,9)10/h14-39,67H,40H2,1-13H3. The predicted molar refractivity (Wildman–Crippen MR) is 298 cm³/mol. The number of aryl methyl sites for hydroxylation is 1. The molecule has 0 spiro atoms. The molecule has 0 aliphatic carbocycles. The third kappa shape index (κ3) is 8.65. The normalized spacial score (nSPS) is 13.2. The maximum atomic E-state index is 6.92. The predicted octanol–water partition coefficient (Wildman–Crippen LogP) is 18.0. The van der Waals surface area contributed by atoms with Crippen LogP contribution in [0.3, 0.4) is 0 Å². The van der Waals surface area contributed by atoms with Gasteiger partial charge in [-0.2, -0.15) is 0 Å². The zero-order valence-electron chi connectivity index (χ0n) is 43.5. The summed E-state index contributed by atoms with van der Waals surface area (Å²) in [6.45, 7) is 30.4. The number of nitrogens with zero attached hydrogens (tertiary/aromatic N) is 3. The number of aromatic nitrogens is 2. The number of pyridine rings is 1. The number of benzene rings is 7. The van der Waals surface area contributed by atoms with Gasteiger partial charge in [0.05, 0.1) is 29.1 Å². The lowest BCUT2D eigenvalue weighted by atomic mass is 9.76. The minimum atomic E-state index is -0.0797. The molecule has 5 nitrogen and oxygen atoms in total. The lowest BCUT2D eigenvalue weighted by Crippen LogP contribution is -2.17. The van der Waals surface area contributed by atoms with Gasteiger partial charge in [0, 0.05) is 40.4 Å². The number of hydrogen-bond acceptors (Lipinski definition) is 4. The van der Waals surface area contributed by atoms with Crippen LogP contribution in [-0.2, 0) is 21.7 Å². The largest absolute Gasteiger partial charge is 0.457 e. The average Bonchev–Trinajstić information content (AvgIpc) is 3.90. The van der Waals surface area contributed by atoms with E-state index in [4.69, 9.17) is 9.72 Å². The number of ether oxygens (including phenoxy) is 1. The van der Waals surface area contributed by atoms with Crippen LogP contribution in [0.4, 0.5) is 17.1 Å². The summed E-state index contributed by atoms with van der Waals surface area (Å²) in [6, 6.07) is 55.9. The smallest absolute Gasteiger partial charge is 0.137 e. The van der Waals surface area contributed by atoms with Crippen LogP contribution < -0.4 is 15.0 Å². The molecule has 0 bridgehead atoms. The monoisotopic (exact) mass is 921 g/mol. The fraction of sp³-hybridized carbons (Fsp3) is 0.277. The quantitative estimate of drug-likeness (QED) is 0.173. The second-order valence-corrected chi connectivity index (χ2v) is 23.6. The van der Waals surface area contributed by atoms with Crippen molar-refractivity contribution in [2.45, 2.75) is 112 Å². The highest BCUT2D eigenvalue weighted by molar-refractivity contribution is 6.09. The van der Waals surface area contributed by atoms with Crippen molar-refractivity contribution in [2.75, 3.05) is 16.9 Å². The maximum absolute atomic E-state index is 6.92. The molecule has 0 amide bonds. The third-order valence-corrected chi connectivity index (χ3v) is 14.3. The van der Waals surface area contributed by atoms with Crippen molar-refractivity contribution in [1.29, 1.82) is 0 Å². The van der Waals surface area contributed by atoms with Crippen LogP contribution in [0.2, 0.25) is 0 Å². The van der Waals surface area contributed by atoms with Crippen molar-refractivity contribution >= 4 is 38.9 Å². The van der Waals surface area contributed by atoms with Gasteiger partial charge in [0.1, 0.15) is 17.3 Å². The Hall–Kier alpha value is -7.11. The molecule has 2 aromatic heterocycles. The molecule has 0 saturated heterocycles. The zero-order valence-corrected chi connectivity index (χ0v) is 43.5. The lowest BCUT2D eigenvalue weighted by Gasteiger charge is -2.29. The van der Waals surface area contributed by atoms with Crippen LogP contribution in [-0.4, -0.2) is 16.2 Å². The van der Waals surface area contributed by atoms with Crippen molar-refractivity contribution in [2.24, 2.45) is 0 Å². The highest BCUT2D eigenvalue weighted by Crippen LogP contribution is 2.51. The van der Waals surface area contributed by atoms with E-state index in [0.717, 1.165) is 56.4 Å². The van der Waals surface area contributed by atoms with Gasteiger partial charge in [-0.1, -0.05) is 168 Å². The molecular formula is C65H68N4O. The summed E-state index contributed by atoms with van der Waals surface area (Å²) < 4.78 is 9.19. The Balaban J connectivity index is 1.09. The van der Waals surface area contributed by atoms with E-state index >= 15 is 0 Å². The van der Waals surface area contributed by atoms with E-state index in [1.165, 1.54) is 61.0 Å². The van der Waals surface area contributed by atoms with Gasteiger partial charge in [0.15, 0.2) is 0 Å². The first-order chi connectivity index (χ1) is 33.1. The van der Waals surface area contributed by atoms with Crippen molar-refractivity contribution in [3.05, 3.63) is 186 Å². The van der Waals surface area contributed by atoms with E-state index in [0.29, 0.717) is 6.67 Å². The van der Waals surface area contributed by atoms with E-state index in [1.54, 1.807) is 0 Å². The van der Waals surface area contributed by atoms with Gasteiger partial charge in [0.25, 0.3) is 0 Å². The summed E-state index contributed by atoms with van der Waals surface area (Å²) in [4.78, 5) is 7.29. The Kier molecular flexibility index (Phi) is 11.4. The van der Waals surface area contributed by atoms with Gasteiger partial charge in [-0.05, 0) is 139 Å². The number of para-hydroxylation sites is 2. The average molecular weight is 921 g/mol. The summed E-state index contributed by atoms with van der Waals surface area (Å²) in [7, 11) is 0. The van der Waals surface area contributed by atoms with Crippen LogP contribution in [0.5, 0.6) is 11.5 Å². The molecule has 1 N–H and O–H groups in total. The molecule has 354 valence electrons. The molecule has 0 atom stereocenters. The number of rotatable bonds is 7. The minimum absolute atomic E-state index is 0.0128. The summed E-state index contributed by atoms with van der Waals surface area (Å²) in [5.74, 6) is 2.49. The summed E-state index contributed by atoms with van der Waals surface area (Å²) >= 11 is 0. The Morgan fingerprint density at radius 3 is 1.81 bits per heavy atom. The molecule has 0 unspecified atom stereocenters. The first-order valence-electron chi connectivity index (χ1n) is 25.0. The molecule has 0 radical (unpaired) electrons. The van der Waals surface area contributed by atoms with Gasteiger partial charge < -0.3 is 15.0 Å². The summed E-state index contributed by atoms with van der Waals surface area (Å²) in [5.41, 5.74) is 19.0. The van der Waals surface area contributed by atoms with Crippen molar-refractivity contribution in [1.82, 2.24) is 9.55 Å². The maximum Gasteiger partial charge on any atom is 0.137 e. The third-order valence-electron chi connectivity index (χ3n) is 14.3. The van der Waals surface area contributed by atoms with Crippen LogP contribution in [0.25, 0.3) is 61.0 Å². The van der Waals surface area contributed by atoms with E-state index in [1.807, 2.05) is 6.20 Å². The Bertz CT molecular complexity index is 3420. The first kappa shape index (κ1) is 46.6. The van der Waals surface area contributed by atoms with Gasteiger partial charge >= 0.3 is 0 Å².